The van der Waals surface area contributed by atoms with Gasteiger partial charge in [-0.1, -0.05) is 36.0 Å². The predicted octanol–water partition coefficient (Wildman–Crippen LogP) is 0.345. The Balaban J connectivity index is 2.53. The average Bonchev–Trinajstić information content (AvgIpc) is 2.15. The van der Waals surface area contributed by atoms with E-state index in [9.17, 15) is 0 Å². The molecule has 0 N–H and O–H groups in total. The minimum atomic E-state index is 0.505. The topological polar surface area (TPSA) is 9.23 Å². The van der Waals surface area contributed by atoms with E-state index in [-0.39, 0.29) is 0 Å². The van der Waals surface area contributed by atoms with Crippen molar-refractivity contribution in [2.24, 2.45) is 0 Å². The molecule has 12 heavy (non-hydrogen) atoms. The molecule has 1 aromatic carbocycles. The van der Waals surface area contributed by atoms with Gasteiger partial charge in [-0.15, -0.1) is 0 Å². The van der Waals surface area contributed by atoms with Crippen LogP contribution in [0.5, 0.6) is 0 Å². The summed E-state index contributed by atoms with van der Waals surface area (Å²) in [4.78, 5) is 0. The third-order valence-electron chi connectivity index (χ3n) is 1.51. The molecular formula is C9H12OSi2. The summed E-state index contributed by atoms with van der Waals surface area (Å²) >= 11 is 0. The van der Waals surface area contributed by atoms with Crippen LogP contribution in [0.15, 0.2) is 24.3 Å². The molecule has 0 spiro atoms. The quantitative estimate of drug-likeness (QED) is 0.625. The molecule has 1 nitrogen and oxygen atoms in total. The van der Waals surface area contributed by atoms with Crippen LogP contribution in [0.25, 0.3) is 0 Å². The van der Waals surface area contributed by atoms with Gasteiger partial charge in [0.05, 0.1) is 9.52 Å². The third kappa shape index (κ3) is 2.93. The molecule has 0 fully saturated rings. The van der Waals surface area contributed by atoms with Gasteiger partial charge < -0.3 is 4.43 Å². The summed E-state index contributed by atoms with van der Waals surface area (Å²) in [5.74, 6) is 0. The summed E-state index contributed by atoms with van der Waals surface area (Å²) in [6.45, 7) is 5.02. The van der Waals surface area contributed by atoms with E-state index in [1.165, 1.54) is 10.4 Å². The van der Waals surface area contributed by atoms with Gasteiger partial charge in [-0.2, -0.15) is 0 Å². The highest BCUT2D eigenvalue weighted by Gasteiger charge is 1.95. The van der Waals surface area contributed by atoms with Crippen LogP contribution >= 0.6 is 0 Å². The highest BCUT2D eigenvalue weighted by molar-refractivity contribution is 6.52. The minimum absolute atomic E-state index is 0.505. The van der Waals surface area contributed by atoms with Crippen molar-refractivity contribution in [1.29, 1.82) is 0 Å². The summed E-state index contributed by atoms with van der Waals surface area (Å²) in [6, 6.07) is 8.67. The third-order valence-corrected chi connectivity index (χ3v) is 3.42. The Hall–Kier alpha value is -0.386. The lowest BCUT2D eigenvalue weighted by Gasteiger charge is -2.00. The number of hydrogen-bond donors (Lipinski definition) is 0. The second-order valence-corrected chi connectivity index (χ2v) is 4.51. The number of rotatable bonds is 4. The SMILES string of the molecule is CCO[Si]c1ccc([Si]C)cc1. The van der Waals surface area contributed by atoms with E-state index in [1.807, 2.05) is 6.92 Å². The van der Waals surface area contributed by atoms with Gasteiger partial charge in [0.1, 0.15) is 0 Å². The second kappa shape index (κ2) is 5.29. The molecule has 0 aromatic heterocycles. The highest BCUT2D eigenvalue weighted by Crippen LogP contribution is 1.80. The number of benzene rings is 1. The van der Waals surface area contributed by atoms with Gasteiger partial charge in [-0.05, 0) is 12.1 Å². The van der Waals surface area contributed by atoms with E-state index < -0.39 is 0 Å². The first-order valence-electron chi connectivity index (χ1n) is 4.02. The van der Waals surface area contributed by atoms with Crippen molar-refractivity contribution in [3.05, 3.63) is 24.3 Å². The first kappa shape index (κ1) is 9.70. The van der Waals surface area contributed by atoms with E-state index in [0.29, 0.717) is 9.76 Å². The molecule has 0 amide bonds. The molecule has 0 aliphatic heterocycles. The molecule has 0 bridgehead atoms. The van der Waals surface area contributed by atoms with Crippen LogP contribution < -0.4 is 10.4 Å². The fraction of sp³-hybridized carbons (Fsp3) is 0.333. The molecule has 1 aromatic rings. The first-order chi connectivity index (χ1) is 5.86. The van der Waals surface area contributed by atoms with Gasteiger partial charge in [-0.3, -0.25) is 0 Å². The van der Waals surface area contributed by atoms with Crippen LogP contribution in [0, 0.1) is 0 Å². The lowest BCUT2D eigenvalue weighted by molar-refractivity contribution is 0.367. The van der Waals surface area contributed by atoms with Gasteiger partial charge in [-0.25, -0.2) is 0 Å². The zero-order valence-corrected chi connectivity index (χ0v) is 9.42. The molecule has 0 aliphatic rings. The Morgan fingerprint density at radius 2 is 1.75 bits per heavy atom. The molecule has 0 saturated carbocycles. The molecule has 3 heteroatoms. The molecule has 0 aliphatic carbocycles. The summed E-state index contributed by atoms with van der Waals surface area (Å²) in [7, 11) is 1.40. The Labute approximate surface area is 78.9 Å². The van der Waals surface area contributed by atoms with Crippen molar-refractivity contribution in [2.75, 3.05) is 6.61 Å². The highest BCUT2D eigenvalue weighted by atomic mass is 28.2. The Bertz CT molecular complexity index is 220. The van der Waals surface area contributed by atoms with Crippen LogP contribution in [0.3, 0.4) is 0 Å². The molecule has 0 unspecified atom stereocenters. The first-order valence-corrected chi connectivity index (χ1v) is 6.43. The lowest BCUT2D eigenvalue weighted by atomic mass is 10.4. The zero-order chi connectivity index (χ0) is 8.81. The van der Waals surface area contributed by atoms with Gasteiger partial charge in [0.2, 0.25) is 0 Å². The predicted molar refractivity (Wildman–Crippen MR) is 54.7 cm³/mol. The van der Waals surface area contributed by atoms with E-state index >= 15 is 0 Å². The van der Waals surface area contributed by atoms with Crippen molar-refractivity contribution in [2.45, 2.75) is 13.5 Å². The molecule has 0 heterocycles. The normalized spacial score (nSPS) is 10.2. The fourth-order valence-corrected chi connectivity index (χ4v) is 1.97. The zero-order valence-electron chi connectivity index (χ0n) is 7.42. The molecule has 1 rings (SSSR count). The van der Waals surface area contributed by atoms with Gasteiger partial charge >= 0.3 is 0 Å². The van der Waals surface area contributed by atoms with Crippen LogP contribution in [0.2, 0.25) is 6.55 Å². The molecule has 62 valence electrons. The Kier molecular flexibility index (Phi) is 4.28. The summed E-state index contributed by atoms with van der Waals surface area (Å²) in [5.41, 5.74) is 0. The molecule has 0 saturated heterocycles. The molecule has 0 atom stereocenters. The largest absolute Gasteiger partial charge is 0.412 e. The standard InChI is InChI=1S/C9H12OSi2/c1-3-10-12-9-6-4-8(11-2)5-7-9/h4-7H,3H2,1-2H3. The maximum Gasteiger partial charge on any atom is 0.268 e. The maximum atomic E-state index is 5.32. The van der Waals surface area contributed by atoms with E-state index in [4.69, 9.17) is 4.43 Å². The van der Waals surface area contributed by atoms with Gasteiger partial charge in [0, 0.05) is 6.61 Å². The van der Waals surface area contributed by atoms with Crippen LogP contribution in [0.1, 0.15) is 6.92 Å². The van der Waals surface area contributed by atoms with E-state index in [0.717, 1.165) is 16.1 Å². The van der Waals surface area contributed by atoms with Crippen LogP contribution in [-0.4, -0.2) is 25.9 Å². The Morgan fingerprint density at radius 3 is 2.25 bits per heavy atom. The fourth-order valence-electron chi connectivity index (χ4n) is 0.860. The molecule has 4 radical (unpaired) electrons. The van der Waals surface area contributed by atoms with Crippen molar-refractivity contribution < 1.29 is 4.43 Å². The summed E-state index contributed by atoms with van der Waals surface area (Å²) in [5, 5.41) is 2.71. The maximum absolute atomic E-state index is 5.32. The monoisotopic (exact) mass is 192 g/mol. The minimum Gasteiger partial charge on any atom is -0.412 e. The molecular weight excluding hydrogens is 180 g/mol. The van der Waals surface area contributed by atoms with Crippen molar-refractivity contribution in [3.8, 4) is 0 Å². The van der Waals surface area contributed by atoms with Gasteiger partial charge in [0.15, 0.2) is 0 Å². The van der Waals surface area contributed by atoms with E-state index in [1.54, 1.807) is 0 Å². The van der Waals surface area contributed by atoms with Crippen LogP contribution in [-0.2, 0) is 4.43 Å². The average molecular weight is 192 g/mol. The van der Waals surface area contributed by atoms with Gasteiger partial charge in [0.25, 0.3) is 9.76 Å². The van der Waals surface area contributed by atoms with Crippen LogP contribution in [0.4, 0.5) is 0 Å². The summed E-state index contributed by atoms with van der Waals surface area (Å²) in [6.07, 6.45) is 0. The van der Waals surface area contributed by atoms with E-state index in [2.05, 4.69) is 30.8 Å². The second-order valence-electron chi connectivity index (χ2n) is 2.36. The van der Waals surface area contributed by atoms with Crippen molar-refractivity contribution in [3.63, 3.8) is 0 Å². The van der Waals surface area contributed by atoms with Crippen molar-refractivity contribution >= 4 is 29.7 Å². The lowest BCUT2D eigenvalue weighted by Crippen LogP contribution is -2.20. The Morgan fingerprint density at radius 1 is 1.17 bits per heavy atom. The number of hydrogen-bond acceptors (Lipinski definition) is 1. The smallest absolute Gasteiger partial charge is 0.268 e. The summed E-state index contributed by atoms with van der Waals surface area (Å²) < 4.78 is 5.32. The van der Waals surface area contributed by atoms with Crippen molar-refractivity contribution in [1.82, 2.24) is 0 Å².